The number of piperidine rings is 1. The van der Waals surface area contributed by atoms with Crippen LogP contribution >= 0.6 is 0 Å². The van der Waals surface area contributed by atoms with E-state index in [9.17, 15) is 9.90 Å². The quantitative estimate of drug-likeness (QED) is 0.295. The first-order valence-electron chi connectivity index (χ1n) is 13.8. The minimum Gasteiger partial charge on any atom is -0.393 e. The average Bonchev–Trinajstić information content (AvgIpc) is 3.39. The Morgan fingerprint density at radius 3 is 2.65 bits per heavy atom. The summed E-state index contributed by atoms with van der Waals surface area (Å²) in [5.74, 6) is 0.629. The molecule has 4 heterocycles. The third-order valence-corrected chi connectivity index (χ3v) is 7.69. The number of hydrogen-bond acceptors (Lipinski definition) is 8. The van der Waals surface area contributed by atoms with Gasteiger partial charge in [0, 0.05) is 57.4 Å². The molecule has 0 radical (unpaired) electrons. The van der Waals surface area contributed by atoms with Crippen LogP contribution in [0.4, 0.5) is 11.5 Å². The molecule has 1 amide bonds. The fourth-order valence-electron chi connectivity index (χ4n) is 5.24. The molecule has 210 valence electrons. The number of anilines is 2. The minimum absolute atomic E-state index is 0.204. The highest BCUT2D eigenvalue weighted by Crippen LogP contribution is 2.25. The van der Waals surface area contributed by atoms with Crippen molar-refractivity contribution in [2.75, 3.05) is 63.1 Å². The van der Waals surface area contributed by atoms with Gasteiger partial charge < -0.3 is 20.2 Å². The predicted molar refractivity (Wildman–Crippen MR) is 161 cm³/mol. The van der Waals surface area contributed by atoms with E-state index in [0.717, 1.165) is 92.1 Å². The molecule has 2 aliphatic rings. The molecule has 2 aromatic heterocycles. The number of aliphatic imine (C=N–C) groups is 1. The number of likely N-dealkylation sites (tertiary alicyclic amines) is 1. The largest absolute Gasteiger partial charge is 0.393 e. The number of aromatic amines is 1. The number of nitrogens with one attached hydrogen (secondary N) is 2. The summed E-state index contributed by atoms with van der Waals surface area (Å²) in [5, 5.41) is 20.8. The van der Waals surface area contributed by atoms with Crippen molar-refractivity contribution < 1.29 is 9.90 Å². The van der Waals surface area contributed by atoms with Crippen LogP contribution in [0.5, 0.6) is 0 Å². The number of amides is 1. The fourth-order valence-corrected chi connectivity index (χ4v) is 5.24. The number of piperazine rings is 1. The highest BCUT2D eigenvalue weighted by atomic mass is 16.3. The number of allylic oxidation sites excluding steroid dienone is 1. The second kappa shape index (κ2) is 12.5. The van der Waals surface area contributed by atoms with E-state index in [4.69, 9.17) is 0 Å². The number of benzene rings is 1. The van der Waals surface area contributed by atoms with Gasteiger partial charge in [0.25, 0.3) is 5.91 Å². The first-order chi connectivity index (χ1) is 19.4. The highest BCUT2D eigenvalue weighted by Gasteiger charge is 2.19. The number of nitrogens with zero attached hydrogens (tertiary/aromatic N) is 6. The SMILES string of the molecule is C=N/C=C(\C=C(/C)c1ccc2[nH]nc(C(=O)Nc3ccc(N4CCN(C)CC4)nc3)c2c1)CN1CCC(O)CC1. The van der Waals surface area contributed by atoms with E-state index in [1.54, 1.807) is 12.4 Å². The smallest absolute Gasteiger partial charge is 0.276 e. The molecule has 1 aromatic carbocycles. The number of H-pyrrole nitrogens is 1. The molecule has 10 heteroatoms. The van der Waals surface area contributed by atoms with Gasteiger partial charge in [-0.15, -0.1) is 0 Å². The lowest BCUT2D eigenvalue weighted by molar-refractivity contribution is 0.0872. The van der Waals surface area contributed by atoms with Gasteiger partial charge in [-0.1, -0.05) is 12.1 Å². The molecule has 2 saturated heterocycles. The van der Waals surface area contributed by atoms with E-state index < -0.39 is 0 Å². The van der Waals surface area contributed by atoms with Crippen LogP contribution in [0.25, 0.3) is 16.5 Å². The van der Waals surface area contributed by atoms with Gasteiger partial charge in [-0.2, -0.15) is 5.10 Å². The molecule has 2 fully saturated rings. The van der Waals surface area contributed by atoms with E-state index >= 15 is 0 Å². The van der Waals surface area contributed by atoms with Crippen molar-refractivity contribution in [1.82, 2.24) is 25.0 Å². The monoisotopic (exact) mass is 542 g/mol. The second-order valence-corrected chi connectivity index (χ2v) is 10.7. The lowest BCUT2D eigenvalue weighted by Crippen LogP contribution is -2.44. The van der Waals surface area contributed by atoms with Crippen molar-refractivity contribution >= 4 is 40.6 Å². The first-order valence-corrected chi connectivity index (χ1v) is 13.8. The average molecular weight is 543 g/mol. The van der Waals surface area contributed by atoms with Crippen LogP contribution in [0.3, 0.4) is 0 Å². The Labute approximate surface area is 235 Å². The summed E-state index contributed by atoms with van der Waals surface area (Å²) in [6.07, 6.45) is 6.96. The molecule has 0 bridgehead atoms. The highest BCUT2D eigenvalue weighted by molar-refractivity contribution is 6.11. The second-order valence-electron chi connectivity index (χ2n) is 10.7. The van der Waals surface area contributed by atoms with Crippen molar-refractivity contribution in [2.24, 2.45) is 4.99 Å². The fraction of sp³-hybridized carbons (Fsp3) is 0.400. The summed E-state index contributed by atoms with van der Waals surface area (Å²) < 4.78 is 0. The van der Waals surface area contributed by atoms with Crippen LogP contribution in [-0.4, -0.2) is 102 Å². The number of aromatic nitrogens is 3. The molecule has 3 aromatic rings. The molecule has 0 atom stereocenters. The van der Waals surface area contributed by atoms with Crippen molar-refractivity contribution in [2.45, 2.75) is 25.9 Å². The van der Waals surface area contributed by atoms with Gasteiger partial charge in [0.1, 0.15) is 5.82 Å². The van der Waals surface area contributed by atoms with Crippen LogP contribution in [0.2, 0.25) is 0 Å². The first kappa shape index (κ1) is 27.7. The number of fused-ring (bicyclic) bond motifs is 1. The standard InChI is InChI=1S/C30H38N8O2/c1-21(16-22(18-31-2)20-37-10-8-25(39)9-11-37)23-4-6-27-26(17-23)29(35-34-27)30(40)33-24-5-7-28(32-19-24)38-14-12-36(3)13-15-38/h4-7,16-19,25,39H,2,8-15,20H2,1,3H3,(H,33,40)(H,34,35)/b21-16+,22-18+. The summed E-state index contributed by atoms with van der Waals surface area (Å²) in [7, 11) is 2.13. The summed E-state index contributed by atoms with van der Waals surface area (Å²) in [4.78, 5) is 28.7. The number of carbonyl (C=O) groups excluding carboxylic acids is 1. The van der Waals surface area contributed by atoms with Crippen molar-refractivity contribution in [3.63, 3.8) is 0 Å². The van der Waals surface area contributed by atoms with Gasteiger partial charge in [-0.25, -0.2) is 4.98 Å². The molecular formula is C30H38N8O2. The van der Waals surface area contributed by atoms with E-state index in [2.05, 4.69) is 60.0 Å². The van der Waals surface area contributed by atoms with Gasteiger partial charge >= 0.3 is 0 Å². The van der Waals surface area contributed by atoms with Gasteiger partial charge in [0.05, 0.1) is 23.5 Å². The maximum Gasteiger partial charge on any atom is 0.276 e. The molecule has 2 aliphatic heterocycles. The van der Waals surface area contributed by atoms with Gasteiger partial charge in [0.2, 0.25) is 0 Å². The number of aliphatic hydroxyl groups excluding tert-OH is 1. The zero-order valence-corrected chi connectivity index (χ0v) is 23.3. The summed E-state index contributed by atoms with van der Waals surface area (Å²) in [5.41, 5.74) is 4.84. The zero-order chi connectivity index (χ0) is 28.1. The molecule has 0 aliphatic carbocycles. The van der Waals surface area contributed by atoms with Crippen LogP contribution < -0.4 is 10.2 Å². The molecule has 5 rings (SSSR count). The van der Waals surface area contributed by atoms with Crippen molar-refractivity contribution in [3.8, 4) is 0 Å². The number of hydrogen-bond donors (Lipinski definition) is 3. The van der Waals surface area contributed by atoms with Crippen LogP contribution in [0.15, 0.2) is 59.4 Å². The van der Waals surface area contributed by atoms with E-state index in [-0.39, 0.29) is 12.0 Å². The summed E-state index contributed by atoms with van der Waals surface area (Å²) in [6.45, 7) is 12.0. The van der Waals surface area contributed by atoms with E-state index in [1.807, 2.05) is 37.3 Å². The lowest BCUT2D eigenvalue weighted by Gasteiger charge is -2.33. The Balaban J connectivity index is 1.29. The number of pyridine rings is 1. The molecule has 0 saturated carbocycles. The van der Waals surface area contributed by atoms with E-state index in [0.29, 0.717) is 11.4 Å². The number of carbonyl (C=O) groups is 1. The van der Waals surface area contributed by atoms with Crippen LogP contribution in [-0.2, 0) is 0 Å². The van der Waals surface area contributed by atoms with Gasteiger partial charge in [-0.3, -0.25) is 19.8 Å². The Morgan fingerprint density at radius 1 is 1.18 bits per heavy atom. The third kappa shape index (κ3) is 6.64. The van der Waals surface area contributed by atoms with Crippen molar-refractivity contribution in [1.29, 1.82) is 0 Å². The number of rotatable bonds is 8. The van der Waals surface area contributed by atoms with E-state index in [1.165, 1.54) is 0 Å². The van der Waals surface area contributed by atoms with Crippen LogP contribution in [0, 0.1) is 0 Å². The Bertz CT molecular complexity index is 1390. The van der Waals surface area contributed by atoms with Crippen LogP contribution in [0.1, 0.15) is 35.8 Å². The predicted octanol–water partition coefficient (Wildman–Crippen LogP) is 3.41. The Hall–Kier alpha value is -3.86. The molecule has 0 spiro atoms. The lowest BCUT2D eigenvalue weighted by atomic mass is 10.0. The zero-order valence-electron chi connectivity index (χ0n) is 23.3. The maximum atomic E-state index is 13.2. The normalized spacial score (nSPS) is 18.3. The molecule has 40 heavy (non-hydrogen) atoms. The summed E-state index contributed by atoms with van der Waals surface area (Å²) >= 11 is 0. The van der Waals surface area contributed by atoms with Gasteiger partial charge in [0.15, 0.2) is 5.69 Å². The molecule has 3 N–H and O–H groups in total. The Morgan fingerprint density at radius 2 is 1.95 bits per heavy atom. The van der Waals surface area contributed by atoms with Gasteiger partial charge in [-0.05, 0) is 74.5 Å². The molecule has 10 nitrogen and oxygen atoms in total. The number of likely N-dealkylation sites (N-methyl/N-ethyl adjacent to an activating group) is 1. The molecule has 0 unspecified atom stereocenters. The van der Waals surface area contributed by atoms with Crippen molar-refractivity contribution in [3.05, 3.63) is 65.6 Å². The third-order valence-electron chi connectivity index (χ3n) is 7.69. The minimum atomic E-state index is -0.289. The maximum absolute atomic E-state index is 13.2. The topological polar surface area (TPSA) is 113 Å². The molecular weight excluding hydrogens is 504 g/mol. The Kier molecular flexibility index (Phi) is 8.69. The number of aliphatic hydroxyl groups is 1. The summed E-state index contributed by atoms with van der Waals surface area (Å²) in [6, 6.07) is 9.79.